The molecular formula is C24H26FN5O4. The molecule has 0 bridgehead atoms. The van der Waals surface area contributed by atoms with Gasteiger partial charge in [0.15, 0.2) is 0 Å². The second kappa shape index (κ2) is 10.1. The summed E-state index contributed by atoms with van der Waals surface area (Å²) in [5.41, 5.74) is 10.7. The number of aromatic nitrogens is 3. The highest BCUT2D eigenvalue weighted by Gasteiger charge is 2.31. The first-order valence-corrected chi connectivity index (χ1v) is 10.8. The van der Waals surface area contributed by atoms with Gasteiger partial charge in [0.25, 0.3) is 0 Å². The molecule has 0 spiro atoms. The molecule has 34 heavy (non-hydrogen) atoms. The second-order valence-electron chi connectivity index (χ2n) is 8.06. The fraction of sp³-hybridized carbons (Fsp3) is 0.333. The molecule has 1 aliphatic rings. The van der Waals surface area contributed by atoms with Gasteiger partial charge in [-0.15, -0.1) is 0 Å². The van der Waals surface area contributed by atoms with Crippen LogP contribution in [-0.2, 0) is 11.3 Å². The summed E-state index contributed by atoms with van der Waals surface area (Å²) < 4.78 is 19.5. The van der Waals surface area contributed by atoms with Crippen LogP contribution >= 0.6 is 0 Å². The Morgan fingerprint density at radius 1 is 1.21 bits per heavy atom. The first-order valence-electron chi connectivity index (χ1n) is 10.8. The molecule has 4 N–H and O–H groups in total. The molecule has 0 amide bonds. The van der Waals surface area contributed by atoms with Crippen LogP contribution in [0, 0.1) is 12.7 Å². The van der Waals surface area contributed by atoms with E-state index in [1.807, 2.05) is 6.92 Å². The topological polar surface area (TPSA) is 136 Å². The zero-order chi connectivity index (χ0) is 24.2. The average molecular weight is 468 g/mol. The van der Waals surface area contributed by atoms with Crippen molar-refractivity contribution in [2.24, 2.45) is 5.16 Å². The first-order chi connectivity index (χ1) is 16.4. The monoisotopic (exact) mass is 467 g/mol. The molecule has 1 aromatic carbocycles. The summed E-state index contributed by atoms with van der Waals surface area (Å²) >= 11 is 0. The Kier molecular flexibility index (Phi) is 6.99. The molecule has 4 rings (SSSR count). The molecule has 3 aromatic rings. The van der Waals surface area contributed by atoms with Gasteiger partial charge in [0.2, 0.25) is 11.8 Å². The Labute approximate surface area is 196 Å². The Balaban J connectivity index is 1.77. The van der Waals surface area contributed by atoms with Crippen molar-refractivity contribution in [2.75, 3.05) is 26.1 Å². The third kappa shape index (κ3) is 4.97. The summed E-state index contributed by atoms with van der Waals surface area (Å²) in [5.74, 6) is 0.0738. The SMILES string of the molecule is COc1cccc(-c2cc(F)ccc2[C@@H]2C/C(=N\OC[C@H](O)CO)c3c(C)nc(N)nc3C2)n1. The van der Waals surface area contributed by atoms with Gasteiger partial charge >= 0.3 is 0 Å². The predicted molar refractivity (Wildman–Crippen MR) is 124 cm³/mol. The van der Waals surface area contributed by atoms with E-state index in [9.17, 15) is 9.50 Å². The Bertz CT molecular complexity index is 1220. The molecule has 178 valence electrons. The number of nitrogen functional groups attached to an aromatic ring is 1. The summed E-state index contributed by atoms with van der Waals surface area (Å²) in [4.78, 5) is 18.5. The van der Waals surface area contributed by atoms with E-state index < -0.39 is 12.7 Å². The van der Waals surface area contributed by atoms with Crippen LogP contribution in [0.15, 0.2) is 41.6 Å². The van der Waals surface area contributed by atoms with E-state index in [-0.39, 0.29) is 24.3 Å². The standard InChI is InChI=1S/C24H26FN5O4/c1-13-23-20(29-24(26)27-13)8-14(9-21(23)30-34-12-16(32)11-31)17-7-6-15(25)10-18(17)19-4-3-5-22(28-19)33-2/h3-7,10,14,16,31-32H,8-9,11-12H2,1-2H3,(H2,26,27,29)/b30-21+/t14-,16+/m0/s1. The second-order valence-corrected chi connectivity index (χ2v) is 8.06. The highest BCUT2D eigenvalue weighted by molar-refractivity contribution is 6.03. The third-order valence-electron chi connectivity index (χ3n) is 5.67. The van der Waals surface area contributed by atoms with Gasteiger partial charge in [0, 0.05) is 23.6 Å². The number of aryl methyl sites for hydroxylation is 1. The molecule has 10 heteroatoms. The molecule has 2 heterocycles. The number of hydrogen-bond donors (Lipinski definition) is 3. The minimum absolute atomic E-state index is 0.130. The predicted octanol–water partition coefficient (Wildman–Crippen LogP) is 2.38. The van der Waals surface area contributed by atoms with E-state index in [0.717, 1.165) is 11.1 Å². The Morgan fingerprint density at radius 3 is 2.79 bits per heavy atom. The number of ether oxygens (including phenoxy) is 1. The van der Waals surface area contributed by atoms with Gasteiger partial charge in [-0.25, -0.2) is 19.3 Å². The zero-order valence-corrected chi connectivity index (χ0v) is 18.9. The van der Waals surface area contributed by atoms with E-state index in [4.69, 9.17) is 20.4 Å². The van der Waals surface area contributed by atoms with Crippen molar-refractivity contribution in [2.45, 2.75) is 31.8 Å². The van der Waals surface area contributed by atoms with Crippen LogP contribution in [-0.4, -0.2) is 57.3 Å². The van der Waals surface area contributed by atoms with Gasteiger partial charge in [-0.2, -0.15) is 0 Å². The van der Waals surface area contributed by atoms with Crippen molar-refractivity contribution in [3.63, 3.8) is 0 Å². The number of methoxy groups -OCH3 is 1. The van der Waals surface area contributed by atoms with Crippen molar-refractivity contribution in [1.29, 1.82) is 0 Å². The maximum atomic E-state index is 14.3. The van der Waals surface area contributed by atoms with Gasteiger partial charge in [0.05, 0.1) is 36.5 Å². The van der Waals surface area contributed by atoms with Crippen molar-refractivity contribution in [1.82, 2.24) is 15.0 Å². The molecular weight excluding hydrogens is 441 g/mol. The zero-order valence-electron chi connectivity index (χ0n) is 18.9. The molecule has 2 aromatic heterocycles. The van der Waals surface area contributed by atoms with Crippen LogP contribution in [0.5, 0.6) is 5.88 Å². The summed E-state index contributed by atoms with van der Waals surface area (Å²) in [6.45, 7) is 1.22. The van der Waals surface area contributed by atoms with Crippen molar-refractivity contribution in [3.8, 4) is 17.1 Å². The van der Waals surface area contributed by atoms with Gasteiger partial charge in [-0.3, -0.25) is 0 Å². The van der Waals surface area contributed by atoms with E-state index in [2.05, 4.69) is 20.1 Å². The number of hydrogen-bond acceptors (Lipinski definition) is 9. The highest BCUT2D eigenvalue weighted by atomic mass is 19.1. The maximum absolute atomic E-state index is 14.3. The minimum Gasteiger partial charge on any atom is -0.481 e. The number of nitrogens with two attached hydrogens (primary N) is 1. The molecule has 0 unspecified atom stereocenters. The number of rotatable bonds is 7. The van der Waals surface area contributed by atoms with Crippen LogP contribution in [0.4, 0.5) is 10.3 Å². The van der Waals surface area contributed by atoms with Crippen LogP contribution in [0.25, 0.3) is 11.3 Å². The lowest BCUT2D eigenvalue weighted by Crippen LogP contribution is -2.25. The van der Waals surface area contributed by atoms with Crippen molar-refractivity contribution >= 4 is 11.7 Å². The molecule has 1 aliphatic carbocycles. The summed E-state index contributed by atoms with van der Waals surface area (Å²) in [6, 6.07) is 9.94. The average Bonchev–Trinajstić information content (AvgIpc) is 2.83. The third-order valence-corrected chi connectivity index (χ3v) is 5.67. The van der Waals surface area contributed by atoms with Crippen molar-refractivity contribution in [3.05, 3.63) is 64.7 Å². The number of nitrogens with zero attached hydrogens (tertiary/aromatic N) is 4. The molecule has 0 aliphatic heterocycles. The highest BCUT2D eigenvalue weighted by Crippen LogP contribution is 2.38. The van der Waals surface area contributed by atoms with Gasteiger partial charge < -0.3 is 25.5 Å². The molecule has 0 fully saturated rings. The van der Waals surface area contributed by atoms with E-state index >= 15 is 0 Å². The largest absolute Gasteiger partial charge is 0.481 e. The lowest BCUT2D eigenvalue weighted by atomic mass is 9.79. The molecule has 0 radical (unpaired) electrons. The van der Waals surface area contributed by atoms with Gasteiger partial charge in [-0.05, 0) is 43.0 Å². The fourth-order valence-corrected chi connectivity index (χ4v) is 4.16. The fourth-order valence-electron chi connectivity index (χ4n) is 4.16. The summed E-state index contributed by atoms with van der Waals surface area (Å²) in [7, 11) is 1.53. The quantitative estimate of drug-likeness (QED) is 0.451. The lowest BCUT2D eigenvalue weighted by molar-refractivity contribution is 0.00812. The number of halogens is 1. The van der Waals surface area contributed by atoms with Gasteiger partial charge in [-0.1, -0.05) is 17.3 Å². The smallest absolute Gasteiger partial charge is 0.220 e. The van der Waals surface area contributed by atoms with Crippen LogP contribution in [0.1, 0.15) is 34.9 Å². The summed E-state index contributed by atoms with van der Waals surface area (Å²) in [5, 5.41) is 22.9. The number of fused-ring (bicyclic) bond motifs is 1. The number of aliphatic hydroxyl groups is 2. The summed E-state index contributed by atoms with van der Waals surface area (Å²) in [6.07, 6.45) is -0.0577. The number of benzene rings is 1. The van der Waals surface area contributed by atoms with E-state index in [0.29, 0.717) is 47.1 Å². The van der Waals surface area contributed by atoms with Gasteiger partial charge in [0.1, 0.15) is 18.5 Å². The van der Waals surface area contributed by atoms with Crippen LogP contribution in [0.3, 0.4) is 0 Å². The number of pyridine rings is 1. The Hall–Kier alpha value is -3.63. The van der Waals surface area contributed by atoms with Crippen LogP contribution < -0.4 is 10.5 Å². The number of aliphatic hydroxyl groups excluding tert-OH is 2. The Morgan fingerprint density at radius 2 is 2.03 bits per heavy atom. The maximum Gasteiger partial charge on any atom is 0.220 e. The number of oxime groups is 1. The number of anilines is 1. The van der Waals surface area contributed by atoms with E-state index in [1.165, 1.54) is 19.2 Å². The van der Waals surface area contributed by atoms with E-state index in [1.54, 1.807) is 24.3 Å². The lowest BCUT2D eigenvalue weighted by Gasteiger charge is -2.28. The molecule has 0 saturated heterocycles. The molecule has 9 nitrogen and oxygen atoms in total. The minimum atomic E-state index is -1.05. The van der Waals surface area contributed by atoms with Crippen LogP contribution in [0.2, 0.25) is 0 Å². The first kappa shape index (κ1) is 23.5. The van der Waals surface area contributed by atoms with Crippen molar-refractivity contribution < 1.29 is 24.2 Å². The molecule has 2 atom stereocenters. The molecule has 0 saturated carbocycles. The normalized spacial score (nSPS) is 17.3.